The maximum atomic E-state index is 14.2. The molecule has 0 aromatic heterocycles. The highest BCUT2D eigenvalue weighted by Crippen LogP contribution is 2.52. The Morgan fingerprint density at radius 2 is 2.03 bits per heavy atom. The predicted octanol–water partition coefficient (Wildman–Crippen LogP) is 3.32. The second-order valence-corrected chi connectivity index (χ2v) is 9.91. The summed E-state index contributed by atoms with van der Waals surface area (Å²) in [4.78, 5) is 27.3. The molecular weight excluding hydrogens is 397 g/mol. The SMILES string of the molecule is Cc1c(N2CC[C@@H](C3(N)CC3)C2)cc(N)c2c1[C@@H](C1C[C@@H]1F)CC/C=C(/C(=O)O)C2=O. The summed E-state index contributed by atoms with van der Waals surface area (Å²) >= 11 is 0. The summed E-state index contributed by atoms with van der Waals surface area (Å²) in [5.41, 5.74) is 15.8. The lowest BCUT2D eigenvalue weighted by molar-refractivity contribution is -0.132. The third-order valence-corrected chi connectivity index (χ3v) is 7.98. The van der Waals surface area contributed by atoms with Gasteiger partial charge >= 0.3 is 5.97 Å². The van der Waals surface area contributed by atoms with Crippen LogP contribution in [0.1, 0.15) is 65.9 Å². The van der Waals surface area contributed by atoms with Crippen molar-refractivity contribution in [3.05, 3.63) is 34.4 Å². The smallest absolute Gasteiger partial charge is 0.339 e. The molecular formula is C24H30FN3O3. The fraction of sp³-hybridized carbons (Fsp3) is 0.583. The average molecular weight is 428 g/mol. The first kappa shape index (κ1) is 20.5. The van der Waals surface area contributed by atoms with Crippen molar-refractivity contribution < 1.29 is 19.1 Å². The summed E-state index contributed by atoms with van der Waals surface area (Å²) in [6.07, 6.45) is 5.29. The zero-order valence-corrected chi connectivity index (χ0v) is 17.9. The summed E-state index contributed by atoms with van der Waals surface area (Å²) in [5.74, 6) is -1.64. The van der Waals surface area contributed by atoms with Crippen LogP contribution in [-0.4, -0.2) is 41.7 Å². The van der Waals surface area contributed by atoms with E-state index < -0.39 is 17.9 Å². The minimum atomic E-state index is -1.25. The fourth-order valence-electron chi connectivity index (χ4n) is 5.84. The molecule has 1 unspecified atom stereocenters. The van der Waals surface area contributed by atoms with Crippen LogP contribution in [0.3, 0.4) is 0 Å². The van der Waals surface area contributed by atoms with Crippen LogP contribution in [-0.2, 0) is 4.79 Å². The van der Waals surface area contributed by atoms with Crippen LogP contribution in [0.15, 0.2) is 17.7 Å². The van der Waals surface area contributed by atoms with Crippen molar-refractivity contribution in [2.24, 2.45) is 17.6 Å². The van der Waals surface area contributed by atoms with E-state index in [4.69, 9.17) is 11.5 Å². The summed E-state index contributed by atoms with van der Waals surface area (Å²) in [5, 5.41) is 9.57. The predicted molar refractivity (Wildman–Crippen MR) is 117 cm³/mol. The second kappa shape index (κ2) is 7.05. The van der Waals surface area contributed by atoms with Gasteiger partial charge in [-0.2, -0.15) is 0 Å². The highest BCUT2D eigenvalue weighted by molar-refractivity contribution is 6.26. The number of Topliss-reactive ketones (excluding diaryl/α,β-unsaturated/α-hetero) is 1. The van der Waals surface area contributed by atoms with Crippen molar-refractivity contribution in [3.8, 4) is 0 Å². The number of fused-ring (bicyclic) bond motifs is 1. The highest BCUT2D eigenvalue weighted by atomic mass is 19.1. The van der Waals surface area contributed by atoms with Crippen molar-refractivity contribution in [1.29, 1.82) is 0 Å². The third-order valence-electron chi connectivity index (χ3n) is 7.98. The van der Waals surface area contributed by atoms with Gasteiger partial charge in [-0.3, -0.25) is 4.79 Å². The van der Waals surface area contributed by atoms with Crippen LogP contribution in [0.4, 0.5) is 15.8 Å². The van der Waals surface area contributed by atoms with Crippen molar-refractivity contribution >= 4 is 23.1 Å². The van der Waals surface area contributed by atoms with Crippen molar-refractivity contribution in [2.75, 3.05) is 23.7 Å². The Kier molecular flexibility index (Phi) is 4.66. The van der Waals surface area contributed by atoms with Gasteiger partial charge in [-0.25, -0.2) is 9.18 Å². The van der Waals surface area contributed by atoms with Gasteiger partial charge in [-0.05, 0) is 80.4 Å². The molecule has 1 heterocycles. The number of aliphatic carboxylic acids is 1. The van der Waals surface area contributed by atoms with Crippen LogP contribution in [0.25, 0.3) is 0 Å². The van der Waals surface area contributed by atoms with Gasteiger partial charge < -0.3 is 21.5 Å². The normalized spacial score (nSPS) is 33.2. The molecule has 0 spiro atoms. The largest absolute Gasteiger partial charge is 0.478 e. The molecule has 5 rings (SSSR count). The summed E-state index contributed by atoms with van der Waals surface area (Å²) in [6, 6.07) is 1.81. The fourth-order valence-corrected chi connectivity index (χ4v) is 5.84. The number of carbonyl (C=O) groups excluding carboxylic acids is 1. The first-order valence-corrected chi connectivity index (χ1v) is 11.3. The minimum Gasteiger partial charge on any atom is -0.478 e. The van der Waals surface area contributed by atoms with Crippen molar-refractivity contribution in [2.45, 2.75) is 63.1 Å². The first-order chi connectivity index (χ1) is 14.7. The lowest BCUT2D eigenvalue weighted by atomic mass is 9.78. The number of carbonyl (C=O) groups is 2. The average Bonchev–Trinajstić information content (AvgIpc) is 3.56. The summed E-state index contributed by atoms with van der Waals surface area (Å²) in [6.45, 7) is 3.69. The molecule has 0 bridgehead atoms. The molecule has 2 saturated carbocycles. The lowest BCUT2D eigenvalue weighted by Gasteiger charge is -2.30. The molecule has 1 saturated heterocycles. The summed E-state index contributed by atoms with van der Waals surface area (Å²) < 4.78 is 14.2. The minimum absolute atomic E-state index is 0.0487. The number of nitrogens with zero attached hydrogens (tertiary/aromatic N) is 1. The number of carboxylic acids is 1. The molecule has 1 aromatic carbocycles. The number of rotatable bonds is 4. The molecule has 7 heteroatoms. The van der Waals surface area contributed by atoms with E-state index >= 15 is 0 Å². The Labute approximate surface area is 181 Å². The molecule has 31 heavy (non-hydrogen) atoms. The van der Waals surface area contributed by atoms with E-state index in [2.05, 4.69) is 4.90 Å². The van der Waals surface area contributed by atoms with Gasteiger partial charge in [0.05, 0.1) is 0 Å². The number of carboxylic acid groups (broad SMARTS) is 1. The molecule has 0 amide bonds. The van der Waals surface area contributed by atoms with E-state index in [9.17, 15) is 19.1 Å². The topological polar surface area (TPSA) is 110 Å². The molecule has 5 N–H and O–H groups in total. The monoisotopic (exact) mass is 427 g/mol. The van der Waals surface area contributed by atoms with Crippen LogP contribution in [0.2, 0.25) is 0 Å². The highest BCUT2D eigenvalue weighted by Gasteiger charge is 2.49. The Morgan fingerprint density at radius 3 is 2.65 bits per heavy atom. The van der Waals surface area contributed by atoms with Crippen LogP contribution < -0.4 is 16.4 Å². The van der Waals surface area contributed by atoms with E-state index in [1.165, 1.54) is 6.08 Å². The van der Waals surface area contributed by atoms with E-state index in [0.29, 0.717) is 25.2 Å². The molecule has 4 atom stereocenters. The molecule has 166 valence electrons. The molecule has 1 aromatic rings. The van der Waals surface area contributed by atoms with Gasteiger partial charge in [0, 0.05) is 35.6 Å². The van der Waals surface area contributed by atoms with Gasteiger partial charge in [0.15, 0.2) is 0 Å². The van der Waals surface area contributed by atoms with E-state index in [0.717, 1.165) is 49.2 Å². The molecule has 1 aliphatic heterocycles. The molecule has 3 fully saturated rings. The Hall–Kier alpha value is -2.41. The number of nitrogens with two attached hydrogens (primary N) is 2. The van der Waals surface area contributed by atoms with Crippen LogP contribution in [0.5, 0.6) is 0 Å². The molecule has 0 radical (unpaired) electrons. The number of nitrogen functional groups attached to an aromatic ring is 1. The number of anilines is 2. The van der Waals surface area contributed by atoms with Gasteiger partial charge in [-0.15, -0.1) is 0 Å². The zero-order valence-electron chi connectivity index (χ0n) is 17.9. The van der Waals surface area contributed by atoms with Crippen LogP contribution >= 0.6 is 0 Å². The Morgan fingerprint density at radius 1 is 1.32 bits per heavy atom. The Bertz CT molecular complexity index is 1000. The number of hydrogen-bond acceptors (Lipinski definition) is 5. The number of ketones is 1. The molecule has 3 aliphatic carbocycles. The standard InChI is InChI=1S/C24H30FN3O3/c1-12-19(28-8-5-13(11-28)24(27)6-7-24)10-18(26)21-20(12)14(16-9-17(16)25)3-2-4-15(22(21)29)23(30)31/h4,10,13-14,16-17H,2-3,5-9,11,26-27H2,1H3,(H,30,31)/b15-4+/t13-,14-,16?,17+/m1/s1. The number of hydrogen-bond donors (Lipinski definition) is 3. The van der Waals surface area contributed by atoms with Gasteiger partial charge in [0.2, 0.25) is 5.78 Å². The third kappa shape index (κ3) is 3.34. The van der Waals surface area contributed by atoms with E-state index in [-0.39, 0.29) is 34.2 Å². The Balaban J connectivity index is 1.60. The van der Waals surface area contributed by atoms with Crippen molar-refractivity contribution in [1.82, 2.24) is 0 Å². The maximum absolute atomic E-state index is 14.2. The van der Waals surface area contributed by atoms with Gasteiger partial charge in [0.1, 0.15) is 11.7 Å². The number of benzene rings is 1. The summed E-state index contributed by atoms with van der Waals surface area (Å²) in [7, 11) is 0. The van der Waals surface area contributed by atoms with Crippen LogP contribution in [0, 0.1) is 18.8 Å². The lowest BCUT2D eigenvalue weighted by Crippen LogP contribution is -2.34. The van der Waals surface area contributed by atoms with Gasteiger partial charge in [0.25, 0.3) is 0 Å². The second-order valence-electron chi connectivity index (χ2n) is 9.91. The molecule has 4 aliphatic rings. The number of alkyl halides is 1. The van der Waals surface area contributed by atoms with E-state index in [1.807, 2.05) is 13.0 Å². The quantitative estimate of drug-likeness (QED) is 0.502. The zero-order chi connectivity index (χ0) is 22.1. The maximum Gasteiger partial charge on any atom is 0.339 e. The van der Waals surface area contributed by atoms with Gasteiger partial charge in [-0.1, -0.05) is 6.08 Å². The van der Waals surface area contributed by atoms with E-state index in [1.54, 1.807) is 0 Å². The first-order valence-electron chi connectivity index (χ1n) is 11.3. The molecule has 6 nitrogen and oxygen atoms in total. The number of allylic oxidation sites excluding steroid dienone is 1. The van der Waals surface area contributed by atoms with Crippen molar-refractivity contribution in [3.63, 3.8) is 0 Å². The number of halogens is 1.